The third-order valence-electron chi connectivity index (χ3n) is 5.40. The Morgan fingerprint density at radius 1 is 0.793 bits per heavy atom. The second-order valence-corrected chi connectivity index (χ2v) is 8.63. The van der Waals surface area contributed by atoms with Crippen LogP contribution >= 0.6 is 11.3 Å². The minimum Gasteiger partial charge on any atom is -0.331 e. The van der Waals surface area contributed by atoms with Crippen molar-refractivity contribution >= 4 is 43.1 Å². The molecule has 2 nitrogen and oxygen atoms in total. The predicted molar refractivity (Wildman–Crippen MR) is 126 cm³/mol. The molecule has 0 bridgehead atoms. The Balaban J connectivity index is 1.63. The Bertz CT molecular complexity index is 1340. The van der Waals surface area contributed by atoms with Crippen molar-refractivity contribution in [3.8, 4) is 11.1 Å². The maximum absolute atomic E-state index is 5.00. The fourth-order valence-corrected chi connectivity index (χ4v) is 5.16. The van der Waals surface area contributed by atoms with E-state index in [9.17, 15) is 0 Å². The summed E-state index contributed by atoms with van der Waals surface area (Å²) in [5, 5.41) is 6.92. The molecule has 1 heterocycles. The molecule has 29 heavy (non-hydrogen) atoms. The molecule has 0 aliphatic rings. The molecule has 1 N–H and O–H groups in total. The van der Waals surface area contributed by atoms with Crippen LogP contribution < -0.4 is 5.32 Å². The van der Waals surface area contributed by atoms with Crippen LogP contribution in [0.15, 0.2) is 72.8 Å². The number of rotatable bonds is 3. The van der Waals surface area contributed by atoms with Crippen molar-refractivity contribution in [3.05, 3.63) is 89.5 Å². The van der Waals surface area contributed by atoms with Crippen LogP contribution in [0.5, 0.6) is 0 Å². The average molecular weight is 395 g/mol. The minimum absolute atomic E-state index is 0.922. The summed E-state index contributed by atoms with van der Waals surface area (Å²) in [5.74, 6) is 0. The highest BCUT2D eigenvalue weighted by Crippen LogP contribution is 2.38. The molecule has 5 rings (SSSR count). The van der Waals surface area contributed by atoms with E-state index in [1.807, 2.05) is 0 Å². The average Bonchev–Trinajstić information content (AvgIpc) is 3.11. The lowest BCUT2D eigenvalue weighted by Crippen LogP contribution is -1.92. The van der Waals surface area contributed by atoms with E-state index >= 15 is 0 Å². The topological polar surface area (TPSA) is 24.9 Å². The first-order chi connectivity index (χ1) is 14.1. The molecule has 0 spiro atoms. The van der Waals surface area contributed by atoms with Gasteiger partial charge >= 0.3 is 0 Å². The van der Waals surface area contributed by atoms with Gasteiger partial charge in [-0.05, 0) is 55.0 Å². The van der Waals surface area contributed by atoms with Crippen molar-refractivity contribution in [2.24, 2.45) is 0 Å². The normalized spacial score (nSPS) is 11.3. The first kappa shape index (κ1) is 17.9. The van der Waals surface area contributed by atoms with E-state index in [2.05, 4.69) is 98.9 Å². The van der Waals surface area contributed by atoms with E-state index in [-0.39, 0.29) is 0 Å². The van der Waals surface area contributed by atoms with Crippen LogP contribution in [0, 0.1) is 20.8 Å². The van der Waals surface area contributed by atoms with Gasteiger partial charge in [0.1, 0.15) is 0 Å². The quantitative estimate of drug-likeness (QED) is 0.338. The monoisotopic (exact) mass is 394 g/mol. The van der Waals surface area contributed by atoms with Crippen molar-refractivity contribution in [2.45, 2.75) is 20.8 Å². The van der Waals surface area contributed by atoms with Gasteiger partial charge in [0.2, 0.25) is 0 Å². The molecular weight excluding hydrogens is 372 g/mol. The van der Waals surface area contributed by atoms with E-state index < -0.39 is 0 Å². The summed E-state index contributed by atoms with van der Waals surface area (Å²) in [6, 6.07) is 25.8. The van der Waals surface area contributed by atoms with Crippen molar-refractivity contribution in [1.29, 1.82) is 0 Å². The van der Waals surface area contributed by atoms with Gasteiger partial charge in [0.15, 0.2) is 5.13 Å². The summed E-state index contributed by atoms with van der Waals surface area (Å²) in [5.41, 5.74) is 8.55. The van der Waals surface area contributed by atoms with Crippen LogP contribution in [0.2, 0.25) is 0 Å². The van der Waals surface area contributed by atoms with Crippen molar-refractivity contribution in [3.63, 3.8) is 0 Å². The molecule has 0 saturated heterocycles. The Hall–Kier alpha value is -3.17. The maximum atomic E-state index is 5.00. The van der Waals surface area contributed by atoms with Crippen LogP contribution in [-0.2, 0) is 0 Å². The SMILES string of the molecule is Cc1cc(C)c(-c2cccc3sc(Nc4cccc5ccccc45)nc23)c(C)c1. The summed E-state index contributed by atoms with van der Waals surface area (Å²) in [4.78, 5) is 5.00. The number of anilines is 2. The number of hydrogen-bond acceptors (Lipinski definition) is 3. The molecular formula is C26H22N2S. The Labute approximate surface area is 174 Å². The maximum Gasteiger partial charge on any atom is 0.188 e. The Morgan fingerprint density at radius 3 is 2.34 bits per heavy atom. The Morgan fingerprint density at radius 2 is 1.52 bits per heavy atom. The lowest BCUT2D eigenvalue weighted by molar-refractivity contribution is 1.32. The number of para-hydroxylation sites is 1. The number of benzene rings is 4. The third kappa shape index (κ3) is 3.18. The summed E-state index contributed by atoms with van der Waals surface area (Å²) in [7, 11) is 0. The van der Waals surface area contributed by atoms with E-state index in [4.69, 9.17) is 4.98 Å². The molecule has 0 saturated carbocycles. The van der Waals surface area contributed by atoms with Gasteiger partial charge in [-0.3, -0.25) is 0 Å². The molecule has 3 heteroatoms. The molecule has 0 fully saturated rings. The molecule has 0 aliphatic carbocycles. The highest BCUT2D eigenvalue weighted by Gasteiger charge is 2.14. The van der Waals surface area contributed by atoms with E-state index in [0.717, 1.165) is 16.3 Å². The van der Waals surface area contributed by atoms with Crippen molar-refractivity contribution < 1.29 is 0 Å². The zero-order valence-corrected chi connectivity index (χ0v) is 17.6. The van der Waals surface area contributed by atoms with E-state index in [0.29, 0.717) is 0 Å². The zero-order chi connectivity index (χ0) is 20.0. The first-order valence-electron chi connectivity index (χ1n) is 9.83. The molecule has 0 radical (unpaired) electrons. The number of hydrogen-bond donors (Lipinski definition) is 1. The molecule has 142 valence electrons. The van der Waals surface area contributed by atoms with Gasteiger partial charge in [-0.15, -0.1) is 0 Å². The van der Waals surface area contributed by atoms with Crippen LogP contribution in [0.1, 0.15) is 16.7 Å². The van der Waals surface area contributed by atoms with Crippen LogP contribution in [-0.4, -0.2) is 4.98 Å². The number of nitrogens with one attached hydrogen (secondary N) is 1. The van der Waals surface area contributed by atoms with Gasteiger partial charge in [-0.25, -0.2) is 4.98 Å². The van der Waals surface area contributed by atoms with E-state index in [1.165, 1.54) is 43.3 Å². The van der Waals surface area contributed by atoms with Gasteiger partial charge in [0.05, 0.1) is 10.2 Å². The Kier molecular flexibility index (Phi) is 4.33. The minimum atomic E-state index is 0.922. The van der Waals surface area contributed by atoms with Crippen molar-refractivity contribution in [1.82, 2.24) is 4.98 Å². The van der Waals surface area contributed by atoms with Gasteiger partial charge in [-0.1, -0.05) is 77.6 Å². The molecule has 0 aliphatic heterocycles. The third-order valence-corrected chi connectivity index (χ3v) is 6.33. The lowest BCUT2D eigenvalue weighted by atomic mass is 9.93. The number of aromatic nitrogens is 1. The summed E-state index contributed by atoms with van der Waals surface area (Å²) < 4.78 is 1.20. The number of nitrogens with zero attached hydrogens (tertiary/aromatic N) is 1. The molecule has 0 amide bonds. The van der Waals surface area contributed by atoms with Gasteiger partial charge in [0.25, 0.3) is 0 Å². The van der Waals surface area contributed by atoms with Crippen LogP contribution in [0.4, 0.5) is 10.8 Å². The molecule has 5 aromatic rings. The van der Waals surface area contributed by atoms with E-state index in [1.54, 1.807) is 11.3 Å². The van der Waals surface area contributed by atoms with Crippen LogP contribution in [0.25, 0.3) is 32.1 Å². The molecule has 1 aromatic heterocycles. The van der Waals surface area contributed by atoms with Crippen molar-refractivity contribution in [2.75, 3.05) is 5.32 Å². The predicted octanol–water partition coefficient (Wildman–Crippen LogP) is 7.79. The fraction of sp³-hybridized carbons (Fsp3) is 0.115. The van der Waals surface area contributed by atoms with Gasteiger partial charge in [0, 0.05) is 16.6 Å². The number of fused-ring (bicyclic) bond motifs is 2. The second-order valence-electron chi connectivity index (χ2n) is 7.60. The molecule has 0 atom stereocenters. The zero-order valence-electron chi connectivity index (χ0n) is 16.8. The fourth-order valence-electron chi connectivity index (χ4n) is 4.26. The summed E-state index contributed by atoms with van der Waals surface area (Å²) in [6.45, 7) is 6.53. The number of aryl methyl sites for hydroxylation is 3. The first-order valence-corrected chi connectivity index (χ1v) is 10.6. The summed E-state index contributed by atoms with van der Waals surface area (Å²) in [6.07, 6.45) is 0. The summed E-state index contributed by atoms with van der Waals surface area (Å²) >= 11 is 1.70. The van der Waals surface area contributed by atoms with Gasteiger partial charge in [-0.2, -0.15) is 0 Å². The highest BCUT2D eigenvalue weighted by molar-refractivity contribution is 7.22. The highest BCUT2D eigenvalue weighted by atomic mass is 32.1. The standard InChI is InChI=1S/C26H22N2S/c1-16-14-17(2)24(18(3)15-16)21-11-7-13-23-25(21)28-26(29-23)27-22-12-6-9-19-8-4-5-10-20(19)22/h4-15H,1-3H3,(H,27,28). The van der Waals surface area contributed by atoms with Crippen LogP contribution in [0.3, 0.4) is 0 Å². The van der Waals surface area contributed by atoms with Gasteiger partial charge < -0.3 is 5.32 Å². The molecule has 4 aromatic carbocycles. The molecule has 0 unspecified atom stereocenters. The smallest absolute Gasteiger partial charge is 0.188 e. The second kappa shape index (κ2) is 7.02. The number of thiazole rings is 1. The largest absolute Gasteiger partial charge is 0.331 e. The lowest BCUT2D eigenvalue weighted by Gasteiger charge is -2.12.